The summed E-state index contributed by atoms with van der Waals surface area (Å²) >= 11 is 0. The number of morpholine rings is 1. The van der Waals surface area contributed by atoms with E-state index in [1.54, 1.807) is 6.07 Å². The summed E-state index contributed by atoms with van der Waals surface area (Å²) in [6.45, 7) is 6.36. The number of nitrogens with one attached hydrogen (secondary N) is 1. The Balaban J connectivity index is 1.96. The van der Waals surface area contributed by atoms with E-state index in [2.05, 4.69) is 10.1 Å². The van der Waals surface area contributed by atoms with Crippen molar-refractivity contribution in [3.63, 3.8) is 0 Å². The zero-order chi connectivity index (χ0) is 13.1. The molecule has 0 unspecified atom stereocenters. The molecule has 100 valence electrons. The van der Waals surface area contributed by atoms with Gasteiger partial charge in [-0.05, 0) is 13.8 Å². The van der Waals surface area contributed by atoms with E-state index in [1.165, 1.54) is 0 Å². The van der Waals surface area contributed by atoms with Crippen LogP contribution in [0.25, 0.3) is 0 Å². The highest BCUT2D eigenvalue weighted by Gasteiger charge is 2.23. The lowest BCUT2D eigenvalue weighted by atomic mass is 10.2. The lowest BCUT2D eigenvalue weighted by molar-refractivity contribution is -0.0721. The Morgan fingerprint density at radius 1 is 1.56 bits per heavy atom. The summed E-state index contributed by atoms with van der Waals surface area (Å²) < 4.78 is 10.8. The Hall–Kier alpha value is -1.44. The number of hydrogen-bond acceptors (Lipinski definition) is 6. The topological polar surface area (TPSA) is 93.6 Å². The van der Waals surface area contributed by atoms with E-state index >= 15 is 0 Å². The monoisotopic (exact) mass is 254 g/mol. The van der Waals surface area contributed by atoms with Gasteiger partial charge in [0.1, 0.15) is 0 Å². The first-order valence-electron chi connectivity index (χ1n) is 5.93. The van der Waals surface area contributed by atoms with Gasteiger partial charge in [-0.15, -0.1) is 0 Å². The molecular weight excluding hydrogens is 236 g/mol. The van der Waals surface area contributed by atoms with Crippen molar-refractivity contribution in [3.8, 4) is 0 Å². The summed E-state index contributed by atoms with van der Waals surface area (Å²) in [4.78, 5) is 13.4. The maximum Gasteiger partial charge on any atom is 0.287 e. The predicted molar refractivity (Wildman–Crippen MR) is 63.4 cm³/mol. The van der Waals surface area contributed by atoms with Crippen molar-refractivity contribution in [3.05, 3.63) is 17.5 Å². The van der Waals surface area contributed by atoms with Gasteiger partial charge >= 0.3 is 0 Å². The molecule has 1 amide bonds. The molecule has 0 spiro atoms. The number of amides is 1. The maximum atomic E-state index is 11.2. The van der Waals surface area contributed by atoms with Crippen molar-refractivity contribution >= 4 is 5.91 Å². The maximum absolute atomic E-state index is 11.2. The molecule has 0 bridgehead atoms. The number of ether oxygens (including phenoxy) is 1. The molecule has 0 saturated carbocycles. The van der Waals surface area contributed by atoms with Crippen LogP contribution >= 0.6 is 0 Å². The molecule has 2 heterocycles. The van der Waals surface area contributed by atoms with Crippen LogP contribution < -0.4 is 11.3 Å². The van der Waals surface area contributed by atoms with Crippen molar-refractivity contribution in [2.75, 3.05) is 13.1 Å². The molecule has 0 aromatic carbocycles. The van der Waals surface area contributed by atoms with E-state index in [9.17, 15) is 4.79 Å². The van der Waals surface area contributed by atoms with Crippen LogP contribution in [0.2, 0.25) is 0 Å². The smallest absolute Gasteiger partial charge is 0.287 e. The fourth-order valence-corrected chi connectivity index (χ4v) is 2.20. The minimum absolute atomic E-state index is 0.196. The second-order valence-electron chi connectivity index (χ2n) is 4.60. The number of nitrogens with zero attached hydrogens (tertiary/aromatic N) is 2. The van der Waals surface area contributed by atoms with Gasteiger partial charge in [-0.2, -0.15) is 0 Å². The van der Waals surface area contributed by atoms with Gasteiger partial charge in [0.05, 0.1) is 18.8 Å². The third-order valence-electron chi connectivity index (χ3n) is 2.80. The lowest BCUT2D eigenvalue weighted by Crippen LogP contribution is -2.44. The van der Waals surface area contributed by atoms with E-state index in [1.807, 2.05) is 19.3 Å². The highest BCUT2D eigenvalue weighted by atomic mass is 16.5. The normalized spacial score (nSPS) is 25.1. The first-order valence-corrected chi connectivity index (χ1v) is 5.93. The standard InChI is InChI=1S/C11H18N4O3/c1-7-4-15(5-8(2)17-7)6-9-3-10(14-18-9)11(16)13-12/h3,7-8H,4-6,12H2,1-2H3,(H,13,16)/t7-,8+. The van der Waals surface area contributed by atoms with Crippen LogP contribution in [0.5, 0.6) is 0 Å². The Morgan fingerprint density at radius 3 is 2.83 bits per heavy atom. The molecule has 1 fully saturated rings. The van der Waals surface area contributed by atoms with Crippen molar-refractivity contribution in [1.82, 2.24) is 15.5 Å². The first kappa shape index (κ1) is 13.0. The largest absolute Gasteiger partial charge is 0.373 e. The number of rotatable bonds is 3. The molecule has 7 heteroatoms. The summed E-state index contributed by atoms with van der Waals surface area (Å²) in [6.07, 6.45) is 0.395. The van der Waals surface area contributed by atoms with Crippen LogP contribution in [0.15, 0.2) is 10.6 Å². The van der Waals surface area contributed by atoms with E-state index in [0.29, 0.717) is 12.3 Å². The Morgan fingerprint density at radius 2 is 2.22 bits per heavy atom. The minimum Gasteiger partial charge on any atom is -0.373 e. The summed E-state index contributed by atoms with van der Waals surface area (Å²) in [5.74, 6) is 5.22. The molecule has 2 rings (SSSR count). The first-order chi connectivity index (χ1) is 8.58. The fourth-order valence-electron chi connectivity index (χ4n) is 2.20. The van der Waals surface area contributed by atoms with Crippen LogP contribution in [0.3, 0.4) is 0 Å². The van der Waals surface area contributed by atoms with Gasteiger partial charge in [0.2, 0.25) is 0 Å². The average Bonchev–Trinajstić information content (AvgIpc) is 2.75. The molecule has 1 aliphatic heterocycles. The molecule has 0 aliphatic carbocycles. The van der Waals surface area contributed by atoms with Crippen LogP contribution in [0.1, 0.15) is 30.1 Å². The van der Waals surface area contributed by atoms with Gasteiger partial charge in [-0.3, -0.25) is 15.1 Å². The molecule has 7 nitrogen and oxygen atoms in total. The average molecular weight is 254 g/mol. The van der Waals surface area contributed by atoms with E-state index in [0.717, 1.165) is 13.1 Å². The van der Waals surface area contributed by atoms with Crippen molar-refractivity contribution in [2.24, 2.45) is 5.84 Å². The van der Waals surface area contributed by atoms with Gasteiger partial charge in [-0.25, -0.2) is 5.84 Å². The number of nitrogen functional groups attached to an aromatic ring is 1. The SMILES string of the molecule is C[C@@H]1CN(Cc2cc(C(=O)NN)no2)C[C@H](C)O1. The number of hydrogen-bond donors (Lipinski definition) is 2. The highest BCUT2D eigenvalue weighted by Crippen LogP contribution is 2.14. The molecule has 2 atom stereocenters. The summed E-state index contributed by atoms with van der Waals surface area (Å²) in [6, 6.07) is 1.60. The van der Waals surface area contributed by atoms with E-state index in [-0.39, 0.29) is 17.9 Å². The number of aromatic nitrogens is 1. The quantitative estimate of drug-likeness (QED) is 0.444. The molecular formula is C11H18N4O3. The van der Waals surface area contributed by atoms with Gasteiger partial charge in [-0.1, -0.05) is 5.16 Å². The number of carbonyl (C=O) groups excluding carboxylic acids is 1. The molecule has 1 aromatic rings. The Bertz CT molecular complexity index is 410. The third kappa shape index (κ3) is 3.06. The fraction of sp³-hybridized carbons (Fsp3) is 0.636. The molecule has 0 radical (unpaired) electrons. The number of nitrogens with two attached hydrogens (primary N) is 1. The zero-order valence-electron chi connectivity index (χ0n) is 10.5. The summed E-state index contributed by atoms with van der Waals surface area (Å²) in [5.41, 5.74) is 2.21. The van der Waals surface area contributed by atoms with Crippen molar-refractivity contribution < 1.29 is 14.1 Å². The van der Waals surface area contributed by atoms with Crippen LogP contribution in [-0.2, 0) is 11.3 Å². The van der Waals surface area contributed by atoms with Gasteiger partial charge in [0.15, 0.2) is 11.5 Å². The van der Waals surface area contributed by atoms with Gasteiger partial charge < -0.3 is 9.26 Å². The Kier molecular flexibility index (Phi) is 3.95. The van der Waals surface area contributed by atoms with Crippen molar-refractivity contribution in [2.45, 2.75) is 32.6 Å². The molecule has 1 aromatic heterocycles. The van der Waals surface area contributed by atoms with Crippen LogP contribution in [-0.4, -0.2) is 41.3 Å². The van der Waals surface area contributed by atoms with Gasteiger partial charge in [0.25, 0.3) is 5.91 Å². The number of hydrazine groups is 1. The molecule has 1 aliphatic rings. The lowest BCUT2D eigenvalue weighted by Gasteiger charge is -2.34. The van der Waals surface area contributed by atoms with Gasteiger partial charge in [0, 0.05) is 19.2 Å². The van der Waals surface area contributed by atoms with Crippen LogP contribution in [0, 0.1) is 0 Å². The number of carbonyl (C=O) groups is 1. The summed E-state index contributed by atoms with van der Waals surface area (Å²) in [5, 5.41) is 3.67. The summed E-state index contributed by atoms with van der Waals surface area (Å²) in [7, 11) is 0. The second-order valence-corrected chi connectivity index (χ2v) is 4.60. The van der Waals surface area contributed by atoms with Crippen LogP contribution in [0.4, 0.5) is 0 Å². The molecule has 3 N–H and O–H groups in total. The zero-order valence-corrected chi connectivity index (χ0v) is 10.5. The third-order valence-corrected chi connectivity index (χ3v) is 2.80. The second kappa shape index (κ2) is 5.47. The highest BCUT2D eigenvalue weighted by molar-refractivity contribution is 5.91. The van der Waals surface area contributed by atoms with Crippen molar-refractivity contribution in [1.29, 1.82) is 0 Å². The molecule has 1 saturated heterocycles. The predicted octanol–water partition coefficient (Wildman–Crippen LogP) is -0.113. The van der Waals surface area contributed by atoms with E-state index in [4.69, 9.17) is 15.1 Å². The minimum atomic E-state index is -0.450. The molecule has 18 heavy (non-hydrogen) atoms. The van der Waals surface area contributed by atoms with E-state index < -0.39 is 5.91 Å². The Labute approximate surface area is 105 Å².